The van der Waals surface area contributed by atoms with E-state index in [0.717, 1.165) is 0 Å². The van der Waals surface area contributed by atoms with E-state index in [2.05, 4.69) is 13.8 Å². The molecule has 5 heteroatoms. The quantitative estimate of drug-likeness (QED) is 0.875. The summed E-state index contributed by atoms with van der Waals surface area (Å²) in [6.45, 7) is 11.0. The molecule has 0 fully saturated rings. The third-order valence-corrected chi connectivity index (χ3v) is 3.78. The SMILES string of the molecule is CCOc1cc(CO)cc2c1OC(C(C)C)C(=O)N2CC(C)C. The fourth-order valence-corrected chi connectivity index (χ4v) is 2.74. The van der Waals surface area contributed by atoms with Gasteiger partial charge in [0.15, 0.2) is 17.6 Å². The first-order valence-electron chi connectivity index (χ1n) is 8.27. The maximum Gasteiger partial charge on any atom is 0.268 e. The van der Waals surface area contributed by atoms with Crippen LogP contribution in [0, 0.1) is 11.8 Å². The average Bonchev–Trinajstić information content (AvgIpc) is 2.49. The smallest absolute Gasteiger partial charge is 0.268 e. The van der Waals surface area contributed by atoms with Crippen LogP contribution in [0.15, 0.2) is 12.1 Å². The summed E-state index contributed by atoms with van der Waals surface area (Å²) >= 11 is 0. The lowest BCUT2D eigenvalue weighted by Gasteiger charge is -2.37. The molecule has 1 unspecified atom stereocenters. The highest BCUT2D eigenvalue weighted by Gasteiger charge is 2.38. The van der Waals surface area contributed by atoms with Crippen LogP contribution in [0.25, 0.3) is 0 Å². The van der Waals surface area contributed by atoms with E-state index in [4.69, 9.17) is 9.47 Å². The first-order chi connectivity index (χ1) is 10.9. The molecule has 5 nitrogen and oxygen atoms in total. The standard InChI is InChI=1S/C18H27NO4/c1-6-22-15-8-13(10-20)7-14-17(15)23-16(12(4)5)18(21)19(14)9-11(2)3/h7-8,11-12,16,20H,6,9-10H2,1-5H3. The van der Waals surface area contributed by atoms with E-state index in [-0.39, 0.29) is 18.4 Å². The highest BCUT2D eigenvalue weighted by Crippen LogP contribution is 2.44. The second-order valence-corrected chi connectivity index (χ2v) is 6.66. The molecule has 1 heterocycles. The van der Waals surface area contributed by atoms with Gasteiger partial charge in [-0.1, -0.05) is 27.7 Å². The van der Waals surface area contributed by atoms with Crippen LogP contribution in [0.1, 0.15) is 40.2 Å². The van der Waals surface area contributed by atoms with Gasteiger partial charge in [0.1, 0.15) is 0 Å². The summed E-state index contributed by atoms with van der Waals surface area (Å²) in [6, 6.07) is 3.59. The lowest BCUT2D eigenvalue weighted by molar-refractivity contribution is -0.128. The Morgan fingerprint density at radius 3 is 2.52 bits per heavy atom. The van der Waals surface area contributed by atoms with Crippen molar-refractivity contribution in [3.63, 3.8) is 0 Å². The molecular weight excluding hydrogens is 294 g/mol. The van der Waals surface area contributed by atoms with Crippen LogP contribution in [-0.2, 0) is 11.4 Å². The van der Waals surface area contributed by atoms with Crippen molar-refractivity contribution in [1.82, 2.24) is 0 Å². The normalized spacial score (nSPS) is 17.5. The van der Waals surface area contributed by atoms with Crippen LogP contribution < -0.4 is 14.4 Å². The van der Waals surface area contributed by atoms with Crippen LogP contribution in [0.2, 0.25) is 0 Å². The van der Waals surface area contributed by atoms with Crippen LogP contribution in [0.4, 0.5) is 5.69 Å². The lowest BCUT2D eigenvalue weighted by Crippen LogP contribution is -2.49. The minimum Gasteiger partial charge on any atom is -0.490 e. The molecule has 1 aromatic carbocycles. The third kappa shape index (κ3) is 3.61. The number of rotatable bonds is 6. The Balaban J connectivity index is 2.57. The maximum absolute atomic E-state index is 12.8. The van der Waals surface area contributed by atoms with E-state index in [9.17, 15) is 9.90 Å². The van der Waals surface area contributed by atoms with E-state index in [1.807, 2.05) is 26.8 Å². The van der Waals surface area contributed by atoms with Gasteiger partial charge in [0.05, 0.1) is 18.9 Å². The number of carbonyl (C=O) groups is 1. The van der Waals surface area contributed by atoms with Gasteiger partial charge in [-0.3, -0.25) is 4.79 Å². The van der Waals surface area contributed by atoms with Crippen LogP contribution in [-0.4, -0.2) is 30.3 Å². The molecule has 128 valence electrons. The molecule has 23 heavy (non-hydrogen) atoms. The maximum atomic E-state index is 12.8. The fourth-order valence-electron chi connectivity index (χ4n) is 2.74. The first kappa shape index (κ1) is 17.6. The number of hydrogen-bond acceptors (Lipinski definition) is 4. The molecule has 1 aliphatic rings. The molecule has 0 radical (unpaired) electrons. The number of amides is 1. The summed E-state index contributed by atoms with van der Waals surface area (Å²) in [5.74, 6) is 1.55. The van der Waals surface area contributed by atoms with Gasteiger partial charge in [0.25, 0.3) is 5.91 Å². The van der Waals surface area contributed by atoms with E-state index < -0.39 is 6.10 Å². The monoisotopic (exact) mass is 321 g/mol. The van der Waals surface area contributed by atoms with Crippen molar-refractivity contribution >= 4 is 11.6 Å². The van der Waals surface area contributed by atoms with E-state index in [1.54, 1.807) is 11.0 Å². The summed E-state index contributed by atoms with van der Waals surface area (Å²) in [4.78, 5) is 14.6. The minimum absolute atomic E-state index is 0.0289. The number of carbonyl (C=O) groups excluding carboxylic acids is 1. The van der Waals surface area contributed by atoms with Gasteiger partial charge in [0, 0.05) is 6.54 Å². The highest BCUT2D eigenvalue weighted by molar-refractivity contribution is 6.01. The minimum atomic E-state index is -0.513. The van der Waals surface area contributed by atoms with E-state index >= 15 is 0 Å². The zero-order valence-corrected chi connectivity index (χ0v) is 14.6. The molecule has 0 bridgehead atoms. The Bertz CT molecular complexity index is 568. The molecular formula is C18H27NO4. The van der Waals surface area contributed by atoms with Gasteiger partial charge >= 0.3 is 0 Å². The van der Waals surface area contributed by atoms with Gasteiger partial charge < -0.3 is 19.5 Å². The molecule has 1 N–H and O–H groups in total. The summed E-state index contributed by atoms with van der Waals surface area (Å²) in [6.07, 6.45) is -0.513. The summed E-state index contributed by atoms with van der Waals surface area (Å²) in [5.41, 5.74) is 1.40. The molecule has 1 atom stereocenters. The van der Waals surface area contributed by atoms with Gasteiger partial charge in [-0.05, 0) is 36.5 Å². The fraction of sp³-hybridized carbons (Fsp3) is 0.611. The predicted octanol–water partition coefficient (Wildman–Crippen LogP) is 2.98. The summed E-state index contributed by atoms with van der Waals surface area (Å²) in [7, 11) is 0. The van der Waals surface area contributed by atoms with Gasteiger partial charge in [0.2, 0.25) is 0 Å². The molecule has 0 saturated carbocycles. The Labute approximate surface area is 138 Å². The molecule has 1 aliphatic heterocycles. The van der Waals surface area contributed by atoms with Gasteiger partial charge in [-0.2, -0.15) is 0 Å². The number of aliphatic hydroxyl groups is 1. The number of benzene rings is 1. The topological polar surface area (TPSA) is 59.0 Å². The second-order valence-electron chi connectivity index (χ2n) is 6.66. The van der Waals surface area contributed by atoms with Crippen molar-refractivity contribution in [3.8, 4) is 11.5 Å². The van der Waals surface area contributed by atoms with Crippen molar-refractivity contribution in [2.75, 3.05) is 18.1 Å². The number of aliphatic hydroxyl groups excluding tert-OH is 1. The van der Waals surface area contributed by atoms with Crippen molar-refractivity contribution in [3.05, 3.63) is 17.7 Å². The molecule has 1 aromatic rings. The summed E-state index contributed by atoms with van der Waals surface area (Å²) < 4.78 is 11.7. The van der Waals surface area contributed by atoms with Crippen LogP contribution >= 0.6 is 0 Å². The van der Waals surface area contributed by atoms with Crippen molar-refractivity contribution < 1.29 is 19.4 Å². The van der Waals surface area contributed by atoms with Crippen molar-refractivity contribution in [2.45, 2.75) is 47.3 Å². The Hall–Kier alpha value is -1.75. The average molecular weight is 321 g/mol. The van der Waals surface area contributed by atoms with E-state index in [1.165, 1.54) is 0 Å². The zero-order chi connectivity index (χ0) is 17.1. The Kier molecular flexibility index (Phi) is 5.52. The molecule has 1 amide bonds. The predicted molar refractivity (Wildman–Crippen MR) is 90.0 cm³/mol. The second kappa shape index (κ2) is 7.21. The number of hydrogen-bond donors (Lipinski definition) is 1. The number of anilines is 1. The zero-order valence-electron chi connectivity index (χ0n) is 14.6. The molecule has 0 aliphatic carbocycles. The van der Waals surface area contributed by atoms with Crippen LogP contribution in [0.5, 0.6) is 11.5 Å². The molecule has 2 rings (SSSR count). The largest absolute Gasteiger partial charge is 0.490 e. The third-order valence-electron chi connectivity index (χ3n) is 3.78. The van der Waals surface area contributed by atoms with Crippen molar-refractivity contribution in [2.24, 2.45) is 11.8 Å². The molecule has 0 spiro atoms. The number of fused-ring (bicyclic) bond motifs is 1. The highest BCUT2D eigenvalue weighted by atomic mass is 16.5. The Morgan fingerprint density at radius 1 is 1.30 bits per heavy atom. The van der Waals surface area contributed by atoms with Gasteiger partial charge in [-0.15, -0.1) is 0 Å². The lowest BCUT2D eigenvalue weighted by atomic mass is 10.0. The molecule has 0 saturated heterocycles. The Morgan fingerprint density at radius 2 is 2.00 bits per heavy atom. The van der Waals surface area contributed by atoms with Gasteiger partial charge in [-0.25, -0.2) is 0 Å². The molecule has 0 aromatic heterocycles. The first-order valence-corrected chi connectivity index (χ1v) is 8.27. The summed E-state index contributed by atoms with van der Waals surface area (Å²) in [5, 5.41) is 9.51. The number of nitrogens with zero attached hydrogens (tertiary/aromatic N) is 1. The van der Waals surface area contributed by atoms with Crippen molar-refractivity contribution in [1.29, 1.82) is 0 Å². The van der Waals surface area contributed by atoms with E-state index in [0.29, 0.717) is 41.8 Å². The number of ether oxygens (including phenoxy) is 2. The van der Waals surface area contributed by atoms with Crippen LogP contribution in [0.3, 0.4) is 0 Å².